The lowest BCUT2D eigenvalue weighted by Crippen LogP contribution is -2.38. The quantitative estimate of drug-likeness (QED) is 0.104. The summed E-state index contributed by atoms with van der Waals surface area (Å²) in [5, 5.41) is 28.0. The second-order valence-corrected chi connectivity index (χ2v) is 18.3. The van der Waals surface area contributed by atoms with E-state index in [-0.39, 0.29) is 12.0 Å². The number of aromatic hydroxyl groups is 1. The Morgan fingerprint density at radius 1 is 0.855 bits per heavy atom. The van der Waals surface area contributed by atoms with E-state index in [0.717, 1.165) is 90.0 Å². The van der Waals surface area contributed by atoms with Gasteiger partial charge in [0.1, 0.15) is 41.2 Å². The minimum atomic E-state index is -0.291. The number of anilines is 1. The highest BCUT2D eigenvalue weighted by Gasteiger charge is 2.34. The minimum absolute atomic E-state index is 0.228. The third kappa shape index (κ3) is 8.07. The van der Waals surface area contributed by atoms with Crippen LogP contribution in [0.4, 0.5) is 5.69 Å². The highest BCUT2D eigenvalue weighted by atomic mass is 32.1. The van der Waals surface area contributed by atoms with Gasteiger partial charge in [0.05, 0.1) is 18.3 Å². The topological polar surface area (TPSA) is 123 Å². The van der Waals surface area contributed by atoms with E-state index in [0.29, 0.717) is 42.7 Å². The van der Waals surface area contributed by atoms with Gasteiger partial charge in [0, 0.05) is 46.2 Å². The van der Waals surface area contributed by atoms with E-state index in [1.54, 1.807) is 23.8 Å². The van der Waals surface area contributed by atoms with E-state index in [1.807, 2.05) is 19.1 Å². The molecule has 316 valence electrons. The predicted octanol–water partition coefficient (Wildman–Crippen LogP) is 10.3. The Morgan fingerprint density at radius 3 is 2.42 bits per heavy atom. The maximum absolute atomic E-state index is 10.2. The van der Waals surface area contributed by atoms with Gasteiger partial charge in [-0.2, -0.15) is 0 Å². The van der Waals surface area contributed by atoms with Crippen LogP contribution in [0.1, 0.15) is 111 Å². The first-order valence-corrected chi connectivity index (χ1v) is 22.9. The van der Waals surface area contributed by atoms with Crippen molar-refractivity contribution in [1.29, 1.82) is 0 Å². The first-order chi connectivity index (χ1) is 30.4. The lowest BCUT2D eigenvalue weighted by Gasteiger charge is -2.35. The number of thiophene rings is 1. The molecule has 7 aromatic rings. The first kappa shape index (κ1) is 40.1. The van der Waals surface area contributed by atoms with Crippen molar-refractivity contribution in [2.24, 2.45) is 4.99 Å². The summed E-state index contributed by atoms with van der Waals surface area (Å²) in [5.74, 6) is 4.13. The van der Waals surface area contributed by atoms with E-state index in [2.05, 4.69) is 129 Å². The van der Waals surface area contributed by atoms with Crippen LogP contribution in [0.5, 0.6) is 11.5 Å². The Kier molecular flexibility index (Phi) is 11.2. The number of hydrogen-bond donors (Lipinski definition) is 3. The summed E-state index contributed by atoms with van der Waals surface area (Å²) in [7, 11) is 0. The van der Waals surface area contributed by atoms with Crippen LogP contribution in [0.15, 0.2) is 119 Å². The number of fused-ring (bicyclic) bond motifs is 4. The van der Waals surface area contributed by atoms with Gasteiger partial charge in [-0.3, -0.25) is 9.56 Å². The lowest BCUT2D eigenvalue weighted by atomic mass is 9.69. The number of ether oxygens (including phenoxy) is 1. The third-order valence-electron chi connectivity index (χ3n) is 13.2. The van der Waals surface area contributed by atoms with E-state index < -0.39 is 0 Å². The summed E-state index contributed by atoms with van der Waals surface area (Å²) in [4.78, 5) is 11.1. The molecule has 1 fully saturated rings. The van der Waals surface area contributed by atoms with Crippen LogP contribution in [0.2, 0.25) is 0 Å². The summed E-state index contributed by atoms with van der Waals surface area (Å²) < 4.78 is 14.1. The highest BCUT2D eigenvalue weighted by Crippen LogP contribution is 2.47. The number of aryl methyl sites for hydroxylation is 3. The Bertz CT molecular complexity index is 2660. The number of phenolic OH excluding ortho intramolecular Hbond substituents is 1. The van der Waals surface area contributed by atoms with Crippen LogP contribution in [0.3, 0.4) is 0 Å². The van der Waals surface area contributed by atoms with Crippen LogP contribution in [-0.4, -0.2) is 55.8 Å². The van der Waals surface area contributed by atoms with Gasteiger partial charge in [0.2, 0.25) is 0 Å². The number of oxazole rings is 1. The minimum Gasteiger partial charge on any atom is -0.508 e. The van der Waals surface area contributed by atoms with E-state index >= 15 is 0 Å². The van der Waals surface area contributed by atoms with Crippen LogP contribution < -0.4 is 15.4 Å². The molecule has 0 spiro atoms. The molecule has 10 rings (SSSR count). The number of phenols is 1. The summed E-state index contributed by atoms with van der Waals surface area (Å²) in [6.07, 6.45) is 10.3. The maximum Gasteiger partial charge on any atom is 0.196 e. The molecular formula is C51H53N7O3S. The molecule has 3 atom stereocenters. The van der Waals surface area contributed by atoms with E-state index in [4.69, 9.17) is 14.1 Å². The first-order valence-electron chi connectivity index (χ1n) is 22.0. The number of rotatable bonds is 12. The van der Waals surface area contributed by atoms with Crippen LogP contribution in [-0.2, 0) is 12.8 Å². The largest absolute Gasteiger partial charge is 0.508 e. The number of nitrogens with one attached hydrogen (secondary N) is 2. The lowest BCUT2D eigenvalue weighted by molar-refractivity contribution is 0.285. The zero-order chi connectivity index (χ0) is 42.2. The molecule has 4 heterocycles. The summed E-state index contributed by atoms with van der Waals surface area (Å²) in [5.41, 5.74) is 10.7. The van der Waals surface area contributed by atoms with Crippen molar-refractivity contribution < 1.29 is 14.3 Å². The van der Waals surface area contributed by atoms with Crippen molar-refractivity contribution >= 4 is 22.7 Å². The number of aromatic nitrogens is 4. The van der Waals surface area contributed by atoms with Crippen molar-refractivity contribution in [3.05, 3.63) is 171 Å². The Morgan fingerprint density at radius 2 is 1.65 bits per heavy atom. The summed E-state index contributed by atoms with van der Waals surface area (Å²) >= 11 is 1.77. The van der Waals surface area contributed by atoms with Gasteiger partial charge < -0.3 is 24.9 Å². The third-order valence-corrected chi connectivity index (χ3v) is 14.4. The molecule has 1 unspecified atom stereocenters. The molecule has 10 nitrogen and oxygen atoms in total. The van der Waals surface area contributed by atoms with Gasteiger partial charge in [-0.25, -0.2) is 4.98 Å². The Labute approximate surface area is 367 Å². The van der Waals surface area contributed by atoms with Gasteiger partial charge in [0.15, 0.2) is 11.7 Å². The van der Waals surface area contributed by atoms with Gasteiger partial charge in [0.25, 0.3) is 0 Å². The van der Waals surface area contributed by atoms with Gasteiger partial charge in [-0.1, -0.05) is 60.7 Å². The van der Waals surface area contributed by atoms with Crippen molar-refractivity contribution in [1.82, 2.24) is 25.1 Å². The molecule has 0 amide bonds. The number of hydrogen-bond acceptors (Lipinski definition) is 10. The molecule has 0 radical (unpaired) electrons. The summed E-state index contributed by atoms with van der Waals surface area (Å²) in [6, 6.07) is 34.8. The van der Waals surface area contributed by atoms with Crippen molar-refractivity contribution in [3.8, 4) is 16.5 Å². The van der Waals surface area contributed by atoms with Crippen LogP contribution >= 0.6 is 11.3 Å². The smallest absolute Gasteiger partial charge is 0.196 e. The molecule has 1 saturated carbocycles. The van der Waals surface area contributed by atoms with Crippen LogP contribution in [0.25, 0.3) is 5.00 Å². The molecule has 2 aliphatic carbocycles. The average Bonchev–Trinajstić information content (AvgIpc) is 4.01. The van der Waals surface area contributed by atoms with Crippen LogP contribution in [0, 0.1) is 20.8 Å². The number of nitrogens with zero attached hydrogens (tertiary/aromatic N) is 5. The van der Waals surface area contributed by atoms with E-state index in [1.165, 1.54) is 32.7 Å². The Balaban J connectivity index is 0.733. The van der Waals surface area contributed by atoms with Crippen molar-refractivity contribution in [3.63, 3.8) is 0 Å². The SMILES string of the molecule is Cc1sc2c(c1C)C(c1ccc(NC3CCC(NCCOc4ccc([C@@H]5c6ccc(O)cc6CC[C@@H]5c5ccccc5)cc4)CC3)cc1)=NC(Cc1ncco1)c1nnc(C)n1-2. The molecule has 3 aromatic heterocycles. The monoisotopic (exact) mass is 843 g/mol. The zero-order valence-corrected chi connectivity index (χ0v) is 36.4. The summed E-state index contributed by atoms with van der Waals surface area (Å²) in [6.45, 7) is 7.80. The molecular weight excluding hydrogens is 791 g/mol. The highest BCUT2D eigenvalue weighted by molar-refractivity contribution is 7.15. The fourth-order valence-corrected chi connectivity index (χ4v) is 11.1. The molecule has 11 heteroatoms. The molecule has 3 N–H and O–H groups in total. The van der Waals surface area contributed by atoms with Gasteiger partial charge in [-0.15, -0.1) is 21.5 Å². The average molecular weight is 844 g/mol. The van der Waals surface area contributed by atoms with Crippen molar-refractivity contribution in [2.45, 2.75) is 95.7 Å². The second-order valence-electron chi connectivity index (χ2n) is 17.1. The second kappa shape index (κ2) is 17.4. The number of benzene rings is 4. The molecule has 3 aliphatic rings. The van der Waals surface area contributed by atoms with Gasteiger partial charge >= 0.3 is 0 Å². The predicted molar refractivity (Wildman–Crippen MR) is 246 cm³/mol. The fourth-order valence-electron chi connectivity index (χ4n) is 9.93. The maximum atomic E-state index is 10.2. The molecule has 1 aliphatic heterocycles. The Hall–Kier alpha value is -6.04. The molecule has 4 aromatic carbocycles. The van der Waals surface area contributed by atoms with Gasteiger partial charge in [-0.05, 0) is 129 Å². The molecule has 0 saturated heterocycles. The number of aliphatic imine (C=N–C) groups is 1. The molecule has 62 heavy (non-hydrogen) atoms. The fraction of sp³-hybridized carbons (Fsp3) is 0.333. The zero-order valence-electron chi connectivity index (χ0n) is 35.6. The van der Waals surface area contributed by atoms with E-state index in [9.17, 15) is 5.11 Å². The van der Waals surface area contributed by atoms with Crippen molar-refractivity contribution in [2.75, 3.05) is 18.5 Å². The molecule has 0 bridgehead atoms. The normalized spacial score (nSPS) is 20.7. The standard InChI is InChI=1S/C51H53N7O3S/c1-31-32(2)62-51-47(31)49(55-45(30-46-53-26-28-61-46)50-57-56-33(3)58(50)51)36-9-14-39(15-10-36)54-40-18-16-38(17-19-40)52-25-27-60-42-21-11-35(12-22-42)48-43(34-7-5-4-6-8-34)23-13-37-29-41(59)20-24-44(37)48/h4-12,14-15,20-22,24,26,28-29,38,40,43,45,48,52,54,59H,13,16-19,23,25,27,30H2,1-3H3/t38?,40?,43-,45?,48+/m1/s1.